The summed E-state index contributed by atoms with van der Waals surface area (Å²) >= 11 is 0. The second-order valence-corrected chi connectivity index (χ2v) is 6.31. The number of aromatic nitrogens is 4. The average Bonchev–Trinajstić information content (AvgIpc) is 3.25. The maximum Gasteiger partial charge on any atom is 0.124 e. The van der Waals surface area contributed by atoms with E-state index in [0.717, 1.165) is 38.5 Å². The molecule has 3 heterocycles. The van der Waals surface area contributed by atoms with Gasteiger partial charge in [0.15, 0.2) is 0 Å². The van der Waals surface area contributed by atoms with Crippen molar-refractivity contribution in [2.45, 2.75) is 19.6 Å². The lowest BCUT2D eigenvalue weighted by molar-refractivity contribution is 0.391. The van der Waals surface area contributed by atoms with Gasteiger partial charge in [-0.05, 0) is 5.56 Å². The van der Waals surface area contributed by atoms with Crippen LogP contribution in [0.25, 0.3) is 0 Å². The Balaban J connectivity index is 1.25. The normalized spacial score (nSPS) is 16.6. The summed E-state index contributed by atoms with van der Waals surface area (Å²) in [4.78, 5) is 0. The summed E-state index contributed by atoms with van der Waals surface area (Å²) in [7, 11) is 0. The fourth-order valence-corrected chi connectivity index (χ4v) is 3.10. The summed E-state index contributed by atoms with van der Waals surface area (Å²) < 4.78 is 4.03. The fraction of sp³-hybridized carbons (Fsp3) is 0.333. The Hall–Kier alpha value is -2.60. The molecular weight excluding hydrogens is 300 g/mol. The average molecular weight is 322 g/mol. The zero-order chi connectivity index (χ0) is 16.2. The van der Waals surface area contributed by atoms with Crippen molar-refractivity contribution in [2.75, 3.05) is 18.4 Å². The summed E-state index contributed by atoms with van der Waals surface area (Å²) in [5.74, 6) is 1.67. The fourth-order valence-electron chi connectivity index (χ4n) is 3.10. The Morgan fingerprint density at radius 3 is 2.96 bits per heavy atom. The van der Waals surface area contributed by atoms with Crippen LogP contribution in [-0.2, 0) is 19.6 Å². The topological polar surface area (TPSA) is 59.7 Å². The molecule has 1 atom stereocenters. The standard InChI is InChI=1S/C18H22N6/c1-2-4-15(5-3-1)12-23-13-17(11-22-23)9-19-8-16-10-20-18-6-7-21-24(18)14-16/h1-7,11,13,16,19-20H,8-10,12,14H2/t16-/m0/s1. The minimum absolute atomic E-state index is 0.553. The summed E-state index contributed by atoms with van der Waals surface area (Å²) in [6, 6.07) is 12.4. The molecule has 4 rings (SSSR count). The zero-order valence-electron chi connectivity index (χ0n) is 13.6. The molecule has 3 aromatic rings. The molecule has 2 N–H and O–H groups in total. The smallest absolute Gasteiger partial charge is 0.124 e. The molecule has 6 heteroatoms. The van der Waals surface area contributed by atoms with Gasteiger partial charge in [0.25, 0.3) is 0 Å². The molecule has 0 aliphatic carbocycles. The highest BCUT2D eigenvalue weighted by atomic mass is 15.3. The van der Waals surface area contributed by atoms with Crippen LogP contribution in [0.15, 0.2) is 55.0 Å². The highest BCUT2D eigenvalue weighted by Gasteiger charge is 2.17. The monoisotopic (exact) mass is 322 g/mol. The van der Waals surface area contributed by atoms with Crippen LogP contribution in [0.2, 0.25) is 0 Å². The number of nitrogens with zero attached hydrogens (tertiary/aromatic N) is 4. The molecule has 0 saturated heterocycles. The van der Waals surface area contributed by atoms with E-state index >= 15 is 0 Å². The van der Waals surface area contributed by atoms with E-state index in [4.69, 9.17) is 0 Å². The van der Waals surface area contributed by atoms with Gasteiger partial charge in [-0.15, -0.1) is 0 Å². The van der Waals surface area contributed by atoms with Gasteiger partial charge in [0.1, 0.15) is 5.82 Å². The Morgan fingerprint density at radius 2 is 2.04 bits per heavy atom. The first-order valence-electron chi connectivity index (χ1n) is 8.38. The van der Waals surface area contributed by atoms with Crippen LogP contribution in [0.4, 0.5) is 5.82 Å². The minimum Gasteiger partial charge on any atom is -0.370 e. The van der Waals surface area contributed by atoms with Crippen molar-refractivity contribution in [1.82, 2.24) is 24.9 Å². The van der Waals surface area contributed by atoms with Gasteiger partial charge in [-0.3, -0.25) is 4.68 Å². The van der Waals surface area contributed by atoms with E-state index in [1.165, 1.54) is 11.1 Å². The Labute approximate surface area is 141 Å². The van der Waals surface area contributed by atoms with Crippen LogP contribution in [0.1, 0.15) is 11.1 Å². The van der Waals surface area contributed by atoms with Crippen LogP contribution in [0.3, 0.4) is 0 Å². The number of anilines is 1. The molecule has 0 spiro atoms. The Kier molecular flexibility index (Phi) is 4.29. The van der Waals surface area contributed by atoms with Crippen molar-refractivity contribution in [3.8, 4) is 0 Å². The van der Waals surface area contributed by atoms with E-state index in [1.54, 1.807) is 0 Å². The highest BCUT2D eigenvalue weighted by molar-refractivity contribution is 5.35. The van der Waals surface area contributed by atoms with E-state index < -0.39 is 0 Å². The molecule has 2 aromatic heterocycles. The highest BCUT2D eigenvalue weighted by Crippen LogP contribution is 2.15. The molecule has 0 fully saturated rings. The molecule has 0 saturated carbocycles. The Bertz CT molecular complexity index is 776. The second kappa shape index (κ2) is 6.88. The third-order valence-electron chi connectivity index (χ3n) is 4.36. The van der Waals surface area contributed by atoms with Gasteiger partial charge in [-0.2, -0.15) is 10.2 Å². The first kappa shape index (κ1) is 15.0. The van der Waals surface area contributed by atoms with E-state index in [-0.39, 0.29) is 0 Å². The molecule has 124 valence electrons. The van der Waals surface area contributed by atoms with Gasteiger partial charge >= 0.3 is 0 Å². The predicted molar refractivity (Wildman–Crippen MR) is 93.7 cm³/mol. The molecule has 0 unspecified atom stereocenters. The number of rotatable bonds is 6. The van der Waals surface area contributed by atoms with Crippen molar-refractivity contribution >= 4 is 5.82 Å². The van der Waals surface area contributed by atoms with Gasteiger partial charge in [-0.25, -0.2) is 4.68 Å². The maximum absolute atomic E-state index is 4.45. The Morgan fingerprint density at radius 1 is 1.12 bits per heavy atom. The van der Waals surface area contributed by atoms with Crippen LogP contribution >= 0.6 is 0 Å². The molecule has 6 nitrogen and oxygen atoms in total. The lowest BCUT2D eigenvalue weighted by Crippen LogP contribution is -2.35. The first-order chi connectivity index (χ1) is 11.9. The molecule has 1 aromatic carbocycles. The van der Waals surface area contributed by atoms with E-state index in [9.17, 15) is 0 Å². The van der Waals surface area contributed by atoms with Crippen molar-refractivity contribution in [1.29, 1.82) is 0 Å². The summed E-state index contributed by atoms with van der Waals surface area (Å²) in [6.07, 6.45) is 5.91. The van der Waals surface area contributed by atoms with E-state index in [2.05, 4.69) is 51.3 Å². The van der Waals surface area contributed by atoms with Gasteiger partial charge in [0, 0.05) is 49.9 Å². The van der Waals surface area contributed by atoms with E-state index in [0.29, 0.717) is 5.92 Å². The van der Waals surface area contributed by atoms with Gasteiger partial charge in [0.05, 0.1) is 18.9 Å². The van der Waals surface area contributed by atoms with Crippen molar-refractivity contribution in [3.05, 3.63) is 66.1 Å². The van der Waals surface area contributed by atoms with Crippen LogP contribution in [0, 0.1) is 5.92 Å². The number of fused-ring (bicyclic) bond motifs is 1. The van der Waals surface area contributed by atoms with Crippen molar-refractivity contribution in [3.63, 3.8) is 0 Å². The molecule has 0 bridgehead atoms. The molecule has 1 aliphatic rings. The maximum atomic E-state index is 4.45. The summed E-state index contributed by atoms with van der Waals surface area (Å²) in [6.45, 7) is 4.59. The van der Waals surface area contributed by atoms with Gasteiger partial charge in [-0.1, -0.05) is 30.3 Å². The SMILES string of the molecule is c1ccc(Cn2cc(CNC[C@H]3CNc4ccnn4C3)cn2)cc1. The number of nitrogens with one attached hydrogen (secondary N) is 2. The molecule has 0 amide bonds. The quantitative estimate of drug-likeness (QED) is 0.728. The zero-order valence-corrected chi connectivity index (χ0v) is 13.6. The predicted octanol–water partition coefficient (Wildman–Crippen LogP) is 1.96. The minimum atomic E-state index is 0.553. The first-order valence-corrected chi connectivity index (χ1v) is 8.38. The lowest BCUT2D eigenvalue weighted by Gasteiger charge is -2.25. The van der Waals surface area contributed by atoms with E-state index in [1.807, 2.05) is 33.9 Å². The summed E-state index contributed by atoms with van der Waals surface area (Å²) in [5, 5.41) is 15.7. The molecule has 24 heavy (non-hydrogen) atoms. The molecular formula is C18H22N6. The molecule has 1 aliphatic heterocycles. The lowest BCUT2D eigenvalue weighted by atomic mass is 10.1. The third-order valence-corrected chi connectivity index (χ3v) is 4.36. The van der Waals surface area contributed by atoms with Crippen LogP contribution in [-0.4, -0.2) is 32.7 Å². The van der Waals surface area contributed by atoms with Crippen molar-refractivity contribution < 1.29 is 0 Å². The van der Waals surface area contributed by atoms with Gasteiger partial charge in [0.2, 0.25) is 0 Å². The largest absolute Gasteiger partial charge is 0.370 e. The van der Waals surface area contributed by atoms with Crippen LogP contribution < -0.4 is 10.6 Å². The summed E-state index contributed by atoms with van der Waals surface area (Å²) in [5.41, 5.74) is 2.48. The van der Waals surface area contributed by atoms with Crippen LogP contribution in [0.5, 0.6) is 0 Å². The van der Waals surface area contributed by atoms with Gasteiger partial charge < -0.3 is 10.6 Å². The number of hydrogen-bond acceptors (Lipinski definition) is 4. The second-order valence-electron chi connectivity index (χ2n) is 6.31. The van der Waals surface area contributed by atoms with Crippen molar-refractivity contribution in [2.24, 2.45) is 5.92 Å². The number of hydrogen-bond donors (Lipinski definition) is 2. The number of benzene rings is 1. The molecule has 0 radical (unpaired) electrons. The third kappa shape index (κ3) is 3.49.